The summed E-state index contributed by atoms with van der Waals surface area (Å²) >= 11 is 0. The average Bonchev–Trinajstić information content (AvgIpc) is 2.34. The van der Waals surface area contributed by atoms with Crippen LogP contribution in [0.25, 0.3) is 0 Å². The fourth-order valence-electron chi connectivity index (χ4n) is 2.06. The molecule has 0 aliphatic rings. The molecule has 0 fully saturated rings. The van der Waals surface area contributed by atoms with E-state index in [0.717, 1.165) is 0 Å². The number of hydrogen-bond acceptors (Lipinski definition) is 5. The summed E-state index contributed by atoms with van der Waals surface area (Å²) in [5.41, 5.74) is 0.564. The minimum Gasteiger partial charge on any atom is -0.494 e. The van der Waals surface area contributed by atoms with Crippen LogP contribution in [0.15, 0.2) is 18.2 Å². The van der Waals surface area contributed by atoms with Gasteiger partial charge in [-0.05, 0) is 18.8 Å². The summed E-state index contributed by atoms with van der Waals surface area (Å²) in [4.78, 5) is 10.4. The van der Waals surface area contributed by atoms with Crippen molar-refractivity contribution in [2.75, 3.05) is 18.5 Å². The van der Waals surface area contributed by atoms with Crippen LogP contribution in [-0.2, 0) is 0 Å². The molecule has 6 heteroatoms. The van der Waals surface area contributed by atoms with Crippen molar-refractivity contribution in [2.45, 2.75) is 40.2 Å². The van der Waals surface area contributed by atoms with Crippen LogP contribution < -0.4 is 10.1 Å². The Morgan fingerprint density at radius 2 is 2.05 bits per heavy atom. The number of nitro groups is 1. The Morgan fingerprint density at radius 1 is 1.38 bits per heavy atom. The van der Waals surface area contributed by atoms with Gasteiger partial charge in [0.1, 0.15) is 5.75 Å². The first-order valence-electron chi connectivity index (χ1n) is 7.05. The Hall–Kier alpha value is -1.82. The van der Waals surface area contributed by atoms with Gasteiger partial charge >= 0.3 is 0 Å². The third kappa shape index (κ3) is 6.44. The van der Waals surface area contributed by atoms with E-state index in [1.807, 2.05) is 6.92 Å². The third-order valence-electron chi connectivity index (χ3n) is 2.80. The highest BCUT2D eigenvalue weighted by molar-refractivity contribution is 5.56. The van der Waals surface area contributed by atoms with Crippen molar-refractivity contribution >= 4 is 11.4 Å². The number of hydrogen-bond donors (Lipinski definition) is 2. The molecule has 0 aliphatic heterocycles. The zero-order valence-corrected chi connectivity index (χ0v) is 13.0. The van der Waals surface area contributed by atoms with E-state index in [1.165, 1.54) is 12.1 Å². The fourth-order valence-corrected chi connectivity index (χ4v) is 2.06. The largest absolute Gasteiger partial charge is 0.494 e. The molecule has 0 aliphatic carbocycles. The normalized spacial score (nSPS) is 12.8. The molecule has 0 bridgehead atoms. The standard InChI is InChI=1S/C15H24N2O4/c1-5-21-14-7-11(6-12(8-14)17(19)20)16-10-13(18)9-15(2,3)4/h6-8,13,16,18H,5,9-10H2,1-4H3. The van der Waals surface area contributed by atoms with Gasteiger partial charge in [-0.1, -0.05) is 20.8 Å². The highest BCUT2D eigenvalue weighted by Crippen LogP contribution is 2.26. The SMILES string of the molecule is CCOc1cc(NCC(O)CC(C)(C)C)cc([N+](=O)[O-])c1. The summed E-state index contributed by atoms with van der Waals surface area (Å²) in [5.74, 6) is 0.444. The molecule has 21 heavy (non-hydrogen) atoms. The van der Waals surface area contributed by atoms with Gasteiger partial charge in [0.05, 0.1) is 23.7 Å². The van der Waals surface area contributed by atoms with E-state index in [2.05, 4.69) is 26.1 Å². The van der Waals surface area contributed by atoms with Gasteiger partial charge in [0.2, 0.25) is 0 Å². The van der Waals surface area contributed by atoms with Crippen LogP contribution in [0, 0.1) is 15.5 Å². The number of aliphatic hydroxyl groups is 1. The quantitative estimate of drug-likeness (QED) is 0.596. The fraction of sp³-hybridized carbons (Fsp3) is 0.600. The van der Waals surface area contributed by atoms with Gasteiger partial charge in [-0.2, -0.15) is 0 Å². The van der Waals surface area contributed by atoms with Crippen molar-refractivity contribution < 1.29 is 14.8 Å². The average molecular weight is 296 g/mol. The van der Waals surface area contributed by atoms with E-state index in [-0.39, 0.29) is 11.1 Å². The van der Waals surface area contributed by atoms with Crippen molar-refractivity contribution in [3.63, 3.8) is 0 Å². The molecule has 0 radical (unpaired) electrons. The maximum Gasteiger partial charge on any atom is 0.275 e. The molecule has 1 unspecified atom stereocenters. The highest BCUT2D eigenvalue weighted by Gasteiger charge is 2.17. The van der Waals surface area contributed by atoms with Crippen LogP contribution >= 0.6 is 0 Å². The molecule has 0 aromatic heterocycles. The number of non-ortho nitro benzene ring substituents is 1. The molecule has 1 aromatic rings. The number of aliphatic hydroxyl groups excluding tert-OH is 1. The van der Waals surface area contributed by atoms with Gasteiger partial charge in [0, 0.05) is 24.4 Å². The van der Waals surface area contributed by atoms with E-state index in [1.54, 1.807) is 6.07 Å². The van der Waals surface area contributed by atoms with Gasteiger partial charge in [0.15, 0.2) is 0 Å². The summed E-state index contributed by atoms with van der Waals surface area (Å²) in [5, 5.41) is 23.9. The molecule has 0 spiro atoms. The Labute approximate surface area is 125 Å². The van der Waals surface area contributed by atoms with Gasteiger partial charge in [0.25, 0.3) is 5.69 Å². The van der Waals surface area contributed by atoms with Crippen LogP contribution in [-0.4, -0.2) is 29.3 Å². The molecule has 0 saturated carbocycles. The first kappa shape index (κ1) is 17.2. The molecular formula is C15H24N2O4. The van der Waals surface area contributed by atoms with E-state index < -0.39 is 11.0 Å². The molecule has 0 heterocycles. The lowest BCUT2D eigenvalue weighted by atomic mass is 9.89. The Balaban J connectivity index is 2.75. The summed E-state index contributed by atoms with van der Waals surface area (Å²) in [6.45, 7) is 8.75. The molecule has 2 N–H and O–H groups in total. The Morgan fingerprint density at radius 3 is 2.57 bits per heavy atom. The van der Waals surface area contributed by atoms with Gasteiger partial charge in [-0.25, -0.2) is 0 Å². The molecule has 6 nitrogen and oxygen atoms in total. The topological polar surface area (TPSA) is 84.6 Å². The third-order valence-corrected chi connectivity index (χ3v) is 2.80. The van der Waals surface area contributed by atoms with Crippen molar-refractivity contribution in [3.8, 4) is 5.75 Å². The van der Waals surface area contributed by atoms with Crippen LogP contribution in [0.3, 0.4) is 0 Å². The van der Waals surface area contributed by atoms with Crippen molar-refractivity contribution in [3.05, 3.63) is 28.3 Å². The highest BCUT2D eigenvalue weighted by atomic mass is 16.6. The minimum atomic E-state index is -0.514. The zero-order valence-electron chi connectivity index (χ0n) is 13.0. The molecule has 1 rings (SSSR count). The number of benzene rings is 1. The minimum absolute atomic E-state index is 0.0280. The van der Waals surface area contributed by atoms with Gasteiger partial charge in [-0.3, -0.25) is 10.1 Å². The Bertz CT molecular complexity index is 483. The maximum atomic E-state index is 10.9. The van der Waals surface area contributed by atoms with Crippen molar-refractivity contribution in [2.24, 2.45) is 5.41 Å². The first-order chi connectivity index (χ1) is 9.71. The van der Waals surface area contributed by atoms with Gasteiger partial charge < -0.3 is 15.2 Å². The first-order valence-corrected chi connectivity index (χ1v) is 7.05. The number of nitrogens with one attached hydrogen (secondary N) is 1. The number of nitro benzene ring substituents is 1. The second-order valence-electron chi connectivity index (χ2n) is 6.21. The number of ether oxygens (including phenoxy) is 1. The number of rotatable bonds is 7. The van der Waals surface area contributed by atoms with E-state index in [9.17, 15) is 15.2 Å². The van der Waals surface area contributed by atoms with Crippen LogP contribution in [0.4, 0.5) is 11.4 Å². The smallest absolute Gasteiger partial charge is 0.275 e. The van der Waals surface area contributed by atoms with Crippen LogP contribution in [0.2, 0.25) is 0 Å². The molecule has 0 amide bonds. The van der Waals surface area contributed by atoms with E-state index >= 15 is 0 Å². The van der Waals surface area contributed by atoms with Crippen molar-refractivity contribution in [1.82, 2.24) is 0 Å². The predicted octanol–water partition coefficient (Wildman–Crippen LogP) is 3.20. The van der Waals surface area contributed by atoms with E-state index in [4.69, 9.17) is 4.74 Å². The van der Waals surface area contributed by atoms with E-state index in [0.29, 0.717) is 31.0 Å². The lowest BCUT2D eigenvalue weighted by Crippen LogP contribution is -2.25. The monoisotopic (exact) mass is 296 g/mol. The van der Waals surface area contributed by atoms with Crippen LogP contribution in [0.1, 0.15) is 34.1 Å². The second kappa shape index (κ2) is 7.26. The summed E-state index contributed by atoms with van der Waals surface area (Å²) in [6, 6.07) is 4.52. The Kier molecular flexibility index (Phi) is 5.96. The lowest BCUT2D eigenvalue weighted by molar-refractivity contribution is -0.384. The lowest BCUT2D eigenvalue weighted by Gasteiger charge is -2.22. The molecule has 1 atom stereocenters. The predicted molar refractivity (Wildman–Crippen MR) is 82.8 cm³/mol. The molecule has 0 saturated heterocycles. The number of nitrogens with zero attached hydrogens (tertiary/aromatic N) is 1. The molecule has 118 valence electrons. The maximum absolute atomic E-state index is 10.9. The molecule has 1 aromatic carbocycles. The summed E-state index contributed by atoms with van der Waals surface area (Å²) in [7, 11) is 0. The van der Waals surface area contributed by atoms with Gasteiger partial charge in [-0.15, -0.1) is 0 Å². The molecular weight excluding hydrogens is 272 g/mol. The van der Waals surface area contributed by atoms with Crippen molar-refractivity contribution in [1.29, 1.82) is 0 Å². The van der Waals surface area contributed by atoms with Crippen LogP contribution in [0.5, 0.6) is 5.75 Å². The second-order valence-corrected chi connectivity index (χ2v) is 6.21. The number of anilines is 1. The zero-order chi connectivity index (χ0) is 16.0. The summed E-state index contributed by atoms with van der Waals surface area (Å²) < 4.78 is 5.32. The summed E-state index contributed by atoms with van der Waals surface area (Å²) in [6.07, 6.45) is 0.132.